The first-order chi connectivity index (χ1) is 14.6. The molecular weight excluding hydrogens is 380 g/mol. The van der Waals surface area contributed by atoms with Crippen molar-refractivity contribution in [1.29, 1.82) is 0 Å². The SMILES string of the molecule is COC(=O)c1ccc(NC(=O)C2CCCCC2C(=O)N2CCc3ccccc32)cc1. The monoisotopic (exact) mass is 406 g/mol. The molecule has 1 aliphatic heterocycles. The fraction of sp³-hybridized carbons (Fsp3) is 0.375. The maximum Gasteiger partial charge on any atom is 0.337 e. The van der Waals surface area contributed by atoms with Gasteiger partial charge in [0.25, 0.3) is 0 Å². The molecule has 1 heterocycles. The summed E-state index contributed by atoms with van der Waals surface area (Å²) in [4.78, 5) is 39.9. The van der Waals surface area contributed by atoms with Gasteiger partial charge in [0.2, 0.25) is 11.8 Å². The third-order valence-corrected chi connectivity index (χ3v) is 6.15. The van der Waals surface area contributed by atoms with Crippen LogP contribution in [0.4, 0.5) is 11.4 Å². The van der Waals surface area contributed by atoms with Crippen LogP contribution in [0.3, 0.4) is 0 Å². The summed E-state index contributed by atoms with van der Waals surface area (Å²) in [5.41, 5.74) is 3.20. The maximum absolute atomic E-state index is 13.4. The molecule has 2 unspecified atom stereocenters. The highest BCUT2D eigenvalue weighted by Gasteiger charge is 2.39. The van der Waals surface area contributed by atoms with Crippen LogP contribution in [0.5, 0.6) is 0 Å². The van der Waals surface area contributed by atoms with E-state index in [2.05, 4.69) is 11.4 Å². The zero-order chi connectivity index (χ0) is 21.1. The van der Waals surface area contributed by atoms with Crippen LogP contribution in [-0.2, 0) is 20.7 Å². The summed E-state index contributed by atoms with van der Waals surface area (Å²) in [6.45, 7) is 0.679. The highest BCUT2D eigenvalue weighted by Crippen LogP contribution is 2.36. The van der Waals surface area contributed by atoms with E-state index >= 15 is 0 Å². The van der Waals surface area contributed by atoms with Crippen LogP contribution in [0.2, 0.25) is 0 Å². The normalized spacial score (nSPS) is 20.4. The lowest BCUT2D eigenvalue weighted by Crippen LogP contribution is -2.43. The Hall–Kier alpha value is -3.15. The van der Waals surface area contributed by atoms with Gasteiger partial charge in [0.1, 0.15) is 0 Å². The van der Waals surface area contributed by atoms with Crippen molar-refractivity contribution in [2.24, 2.45) is 11.8 Å². The molecule has 4 rings (SSSR count). The third kappa shape index (κ3) is 3.95. The average Bonchev–Trinajstić information content (AvgIpc) is 3.22. The first-order valence-electron chi connectivity index (χ1n) is 10.5. The lowest BCUT2D eigenvalue weighted by atomic mass is 9.77. The Morgan fingerprint density at radius 1 is 0.967 bits per heavy atom. The molecule has 30 heavy (non-hydrogen) atoms. The van der Waals surface area contributed by atoms with Crippen LogP contribution in [0.25, 0.3) is 0 Å². The molecule has 2 aliphatic rings. The molecule has 0 aromatic heterocycles. The van der Waals surface area contributed by atoms with Crippen molar-refractivity contribution in [3.63, 3.8) is 0 Å². The molecule has 2 atom stereocenters. The van der Waals surface area contributed by atoms with Gasteiger partial charge in [0, 0.05) is 23.8 Å². The first kappa shape index (κ1) is 20.1. The minimum Gasteiger partial charge on any atom is -0.465 e. The van der Waals surface area contributed by atoms with Gasteiger partial charge in [-0.1, -0.05) is 31.0 Å². The van der Waals surface area contributed by atoms with Gasteiger partial charge in [-0.05, 0) is 55.2 Å². The molecule has 1 N–H and O–H groups in total. The molecule has 0 bridgehead atoms. The lowest BCUT2D eigenvalue weighted by Gasteiger charge is -2.32. The van der Waals surface area contributed by atoms with Crippen molar-refractivity contribution in [3.05, 3.63) is 59.7 Å². The van der Waals surface area contributed by atoms with Gasteiger partial charge in [-0.3, -0.25) is 9.59 Å². The Balaban J connectivity index is 1.47. The number of nitrogens with one attached hydrogen (secondary N) is 1. The second-order valence-electron chi connectivity index (χ2n) is 7.92. The largest absolute Gasteiger partial charge is 0.465 e. The van der Waals surface area contributed by atoms with Crippen LogP contribution in [0.1, 0.15) is 41.6 Å². The number of para-hydroxylation sites is 1. The summed E-state index contributed by atoms with van der Waals surface area (Å²) < 4.78 is 4.70. The van der Waals surface area contributed by atoms with E-state index in [0.717, 1.165) is 31.4 Å². The molecule has 2 aromatic rings. The number of benzene rings is 2. The van der Waals surface area contributed by atoms with Crippen molar-refractivity contribution < 1.29 is 19.1 Å². The van der Waals surface area contributed by atoms with E-state index in [4.69, 9.17) is 4.74 Å². The molecule has 0 spiro atoms. The fourth-order valence-electron chi connectivity index (χ4n) is 4.55. The highest BCUT2D eigenvalue weighted by molar-refractivity contribution is 6.02. The molecule has 2 amide bonds. The van der Waals surface area contributed by atoms with Crippen LogP contribution in [0.15, 0.2) is 48.5 Å². The van der Waals surface area contributed by atoms with Crippen LogP contribution in [0, 0.1) is 11.8 Å². The number of fused-ring (bicyclic) bond motifs is 1. The number of carbonyl (C=O) groups is 3. The van der Waals surface area contributed by atoms with E-state index in [1.54, 1.807) is 24.3 Å². The van der Waals surface area contributed by atoms with E-state index in [1.165, 1.54) is 12.7 Å². The Morgan fingerprint density at radius 3 is 2.40 bits per heavy atom. The average molecular weight is 406 g/mol. The molecule has 0 radical (unpaired) electrons. The van der Waals surface area contributed by atoms with E-state index in [-0.39, 0.29) is 23.7 Å². The quantitative estimate of drug-likeness (QED) is 0.784. The number of esters is 1. The number of rotatable bonds is 4. The Kier molecular flexibility index (Phi) is 5.84. The van der Waals surface area contributed by atoms with Crippen LogP contribution < -0.4 is 10.2 Å². The summed E-state index contributed by atoms with van der Waals surface area (Å²) in [5, 5.41) is 2.93. The van der Waals surface area contributed by atoms with Gasteiger partial charge in [-0.15, -0.1) is 0 Å². The van der Waals surface area contributed by atoms with Crippen molar-refractivity contribution in [3.8, 4) is 0 Å². The molecule has 156 valence electrons. The molecule has 6 heteroatoms. The number of nitrogens with zero attached hydrogens (tertiary/aromatic N) is 1. The Morgan fingerprint density at radius 2 is 1.67 bits per heavy atom. The van der Waals surface area contributed by atoms with Gasteiger partial charge in [0.15, 0.2) is 0 Å². The van der Waals surface area contributed by atoms with E-state index in [0.29, 0.717) is 24.2 Å². The number of anilines is 2. The smallest absolute Gasteiger partial charge is 0.337 e. The standard InChI is InChI=1S/C24H26N2O4/c1-30-24(29)17-10-12-18(13-11-17)25-22(27)19-7-3-4-8-20(19)23(28)26-15-14-16-6-2-5-9-21(16)26/h2,5-6,9-13,19-20H,3-4,7-8,14-15H2,1H3,(H,25,27). The third-order valence-electron chi connectivity index (χ3n) is 6.15. The molecule has 1 aliphatic carbocycles. The highest BCUT2D eigenvalue weighted by atomic mass is 16.5. The molecule has 1 saturated carbocycles. The van der Waals surface area contributed by atoms with E-state index in [1.807, 2.05) is 23.1 Å². The predicted octanol–water partition coefficient (Wildman–Crippen LogP) is 3.81. The van der Waals surface area contributed by atoms with E-state index in [9.17, 15) is 14.4 Å². The maximum atomic E-state index is 13.4. The number of ether oxygens (including phenoxy) is 1. The summed E-state index contributed by atoms with van der Waals surface area (Å²) in [5.74, 6) is -1.15. The minimum atomic E-state index is -0.420. The molecule has 2 aromatic carbocycles. The van der Waals surface area contributed by atoms with Gasteiger partial charge in [-0.2, -0.15) is 0 Å². The molecule has 6 nitrogen and oxygen atoms in total. The first-order valence-corrected chi connectivity index (χ1v) is 10.5. The van der Waals surface area contributed by atoms with Crippen molar-refractivity contribution in [2.45, 2.75) is 32.1 Å². The lowest BCUT2D eigenvalue weighted by molar-refractivity contribution is -0.132. The fourth-order valence-corrected chi connectivity index (χ4v) is 4.55. The summed E-state index contributed by atoms with van der Waals surface area (Å²) in [7, 11) is 1.33. The van der Waals surface area contributed by atoms with Crippen molar-refractivity contribution >= 4 is 29.2 Å². The van der Waals surface area contributed by atoms with Crippen LogP contribution >= 0.6 is 0 Å². The zero-order valence-corrected chi connectivity index (χ0v) is 17.1. The molecule has 0 saturated heterocycles. The summed E-state index contributed by atoms with van der Waals surface area (Å²) in [6.07, 6.45) is 4.20. The topological polar surface area (TPSA) is 75.7 Å². The number of hydrogen-bond acceptors (Lipinski definition) is 4. The Labute approximate surface area is 176 Å². The summed E-state index contributed by atoms with van der Waals surface area (Å²) in [6, 6.07) is 14.6. The van der Waals surface area contributed by atoms with Crippen LogP contribution in [-0.4, -0.2) is 31.4 Å². The van der Waals surface area contributed by atoms with E-state index < -0.39 is 5.97 Å². The number of carbonyl (C=O) groups excluding carboxylic acids is 3. The van der Waals surface area contributed by atoms with Gasteiger partial charge >= 0.3 is 5.97 Å². The van der Waals surface area contributed by atoms with Gasteiger partial charge in [0.05, 0.1) is 18.6 Å². The predicted molar refractivity (Wildman–Crippen MR) is 114 cm³/mol. The Bertz CT molecular complexity index is 954. The van der Waals surface area contributed by atoms with Crippen molar-refractivity contribution in [1.82, 2.24) is 0 Å². The summed E-state index contributed by atoms with van der Waals surface area (Å²) >= 11 is 0. The number of amides is 2. The molecular formula is C24H26N2O4. The van der Waals surface area contributed by atoms with Crippen molar-refractivity contribution in [2.75, 3.05) is 23.9 Å². The number of methoxy groups -OCH3 is 1. The van der Waals surface area contributed by atoms with Gasteiger partial charge < -0.3 is 15.0 Å². The second kappa shape index (κ2) is 8.69. The molecule has 1 fully saturated rings. The second-order valence-corrected chi connectivity index (χ2v) is 7.92. The number of hydrogen-bond donors (Lipinski definition) is 1. The van der Waals surface area contributed by atoms with Gasteiger partial charge in [-0.25, -0.2) is 4.79 Å². The minimum absolute atomic E-state index is 0.0563. The zero-order valence-electron chi connectivity index (χ0n) is 17.1.